The molecular formula is C29H24FN3O2S. The molecule has 0 spiro atoms. The van der Waals surface area contributed by atoms with E-state index in [1.165, 1.54) is 24.3 Å². The summed E-state index contributed by atoms with van der Waals surface area (Å²) in [5.74, 6) is -0.291. The molecule has 4 aromatic carbocycles. The van der Waals surface area contributed by atoms with Crippen molar-refractivity contribution < 1.29 is 12.8 Å². The van der Waals surface area contributed by atoms with Crippen LogP contribution in [0.5, 0.6) is 0 Å². The molecule has 0 fully saturated rings. The van der Waals surface area contributed by atoms with Crippen molar-refractivity contribution in [3.05, 3.63) is 120 Å². The van der Waals surface area contributed by atoms with Crippen LogP contribution in [0, 0.1) is 17.1 Å². The first-order chi connectivity index (χ1) is 17.4. The fourth-order valence-electron chi connectivity index (χ4n) is 4.63. The molecule has 1 aliphatic rings. The van der Waals surface area contributed by atoms with Gasteiger partial charge in [-0.3, -0.25) is 0 Å². The van der Waals surface area contributed by atoms with Crippen LogP contribution in [0.3, 0.4) is 0 Å². The fraction of sp³-hybridized carbons (Fsp3) is 0.138. The Bertz CT molecular complexity index is 1530. The molecule has 0 saturated carbocycles. The maximum Gasteiger partial charge on any atom is 0.240 e. The fourth-order valence-corrected chi connectivity index (χ4v) is 5.90. The molecule has 0 saturated heterocycles. The predicted molar refractivity (Wildman–Crippen MR) is 138 cm³/mol. The number of nitriles is 1. The molecule has 1 atom stereocenters. The first kappa shape index (κ1) is 23.7. The quantitative estimate of drug-likeness (QED) is 0.394. The van der Waals surface area contributed by atoms with Gasteiger partial charge < -0.3 is 4.90 Å². The molecular weight excluding hydrogens is 473 g/mol. The molecule has 4 aromatic rings. The Labute approximate surface area is 210 Å². The molecule has 1 heterocycles. The van der Waals surface area contributed by atoms with Gasteiger partial charge in [0.1, 0.15) is 5.82 Å². The van der Waals surface area contributed by atoms with Gasteiger partial charge in [-0.2, -0.15) is 5.26 Å². The van der Waals surface area contributed by atoms with Crippen LogP contribution in [-0.4, -0.2) is 21.0 Å². The number of rotatable bonds is 6. The predicted octanol–water partition coefficient (Wildman–Crippen LogP) is 5.27. The van der Waals surface area contributed by atoms with Gasteiger partial charge in [0.2, 0.25) is 10.0 Å². The third kappa shape index (κ3) is 5.15. The highest BCUT2D eigenvalue weighted by molar-refractivity contribution is 7.89. The van der Waals surface area contributed by atoms with E-state index in [-0.39, 0.29) is 16.8 Å². The van der Waals surface area contributed by atoms with Crippen LogP contribution < -0.4 is 9.62 Å². The average molecular weight is 498 g/mol. The third-order valence-corrected chi connectivity index (χ3v) is 7.83. The van der Waals surface area contributed by atoms with E-state index in [1.807, 2.05) is 42.5 Å². The standard InChI is InChI=1S/C29H24FN3O2S/c30-26-12-9-23(10-13-26)24-11-14-29-25(16-24)17-27(20-33(29)19-21-5-2-1-3-6-21)32-36(34,35)28-8-4-7-22(15-28)18-31/h1-16,27,32H,17,19-20H2. The Kier molecular flexibility index (Phi) is 6.55. The topological polar surface area (TPSA) is 73.2 Å². The number of sulfonamides is 1. The SMILES string of the molecule is N#Cc1cccc(S(=O)(=O)NC2Cc3cc(-c4ccc(F)cc4)ccc3N(Cc3ccccc3)C2)c1. The van der Waals surface area contributed by atoms with E-state index in [2.05, 4.69) is 21.8 Å². The van der Waals surface area contributed by atoms with Crippen LogP contribution in [0.25, 0.3) is 11.1 Å². The summed E-state index contributed by atoms with van der Waals surface area (Å²) in [6.45, 7) is 1.13. The first-order valence-corrected chi connectivity index (χ1v) is 13.1. The zero-order valence-electron chi connectivity index (χ0n) is 19.4. The van der Waals surface area contributed by atoms with Crippen LogP contribution in [0.15, 0.2) is 102 Å². The highest BCUT2D eigenvalue weighted by atomic mass is 32.2. The smallest absolute Gasteiger partial charge is 0.240 e. The Hall–Kier alpha value is -3.99. The number of benzene rings is 4. The van der Waals surface area contributed by atoms with Gasteiger partial charge in [-0.25, -0.2) is 17.5 Å². The summed E-state index contributed by atoms with van der Waals surface area (Å²) in [4.78, 5) is 2.25. The highest BCUT2D eigenvalue weighted by Gasteiger charge is 2.29. The molecule has 0 amide bonds. The van der Waals surface area contributed by atoms with Crippen molar-refractivity contribution >= 4 is 15.7 Å². The number of nitrogens with zero attached hydrogens (tertiary/aromatic N) is 2. The molecule has 1 aliphatic heterocycles. The van der Waals surface area contributed by atoms with Gasteiger partial charge >= 0.3 is 0 Å². The van der Waals surface area contributed by atoms with E-state index in [0.717, 1.165) is 27.9 Å². The lowest BCUT2D eigenvalue weighted by Gasteiger charge is -2.37. The lowest BCUT2D eigenvalue weighted by atomic mass is 9.94. The molecule has 7 heteroatoms. The monoisotopic (exact) mass is 497 g/mol. The van der Waals surface area contributed by atoms with Gasteiger partial charge in [-0.05, 0) is 71.1 Å². The van der Waals surface area contributed by atoms with Crippen molar-refractivity contribution in [2.45, 2.75) is 23.9 Å². The zero-order valence-corrected chi connectivity index (χ0v) is 20.2. The molecule has 0 radical (unpaired) electrons. The molecule has 0 aliphatic carbocycles. The normalized spacial score (nSPS) is 15.2. The van der Waals surface area contributed by atoms with Crippen molar-refractivity contribution in [2.75, 3.05) is 11.4 Å². The van der Waals surface area contributed by atoms with Crippen molar-refractivity contribution in [1.82, 2.24) is 4.72 Å². The van der Waals surface area contributed by atoms with Crippen LogP contribution >= 0.6 is 0 Å². The Morgan fingerprint density at radius 2 is 1.67 bits per heavy atom. The summed E-state index contributed by atoms with van der Waals surface area (Å²) in [6, 6.07) is 30.1. The van der Waals surface area contributed by atoms with E-state index in [4.69, 9.17) is 0 Å². The molecule has 5 nitrogen and oxygen atoms in total. The van der Waals surface area contributed by atoms with Crippen LogP contribution in [0.4, 0.5) is 10.1 Å². The number of halogens is 1. The minimum atomic E-state index is -3.83. The minimum absolute atomic E-state index is 0.0713. The summed E-state index contributed by atoms with van der Waals surface area (Å²) in [5, 5.41) is 9.18. The summed E-state index contributed by atoms with van der Waals surface area (Å²) < 4.78 is 42.7. The maximum atomic E-state index is 13.4. The summed E-state index contributed by atoms with van der Waals surface area (Å²) in [7, 11) is -3.83. The second-order valence-corrected chi connectivity index (χ2v) is 10.6. The van der Waals surface area contributed by atoms with Gasteiger partial charge in [0.15, 0.2) is 0 Å². The minimum Gasteiger partial charge on any atom is -0.365 e. The van der Waals surface area contributed by atoms with Crippen LogP contribution in [0.1, 0.15) is 16.7 Å². The van der Waals surface area contributed by atoms with Gasteiger partial charge in [-0.15, -0.1) is 0 Å². The van der Waals surface area contributed by atoms with Crippen molar-refractivity contribution in [1.29, 1.82) is 5.26 Å². The number of hydrogen-bond donors (Lipinski definition) is 1. The Balaban J connectivity index is 1.48. The lowest BCUT2D eigenvalue weighted by Crippen LogP contribution is -2.48. The number of hydrogen-bond acceptors (Lipinski definition) is 4. The van der Waals surface area contributed by atoms with Gasteiger partial charge in [0.25, 0.3) is 0 Å². The van der Waals surface area contributed by atoms with Crippen molar-refractivity contribution in [2.24, 2.45) is 0 Å². The second-order valence-electron chi connectivity index (χ2n) is 8.88. The number of anilines is 1. The zero-order chi connectivity index (χ0) is 25.1. The lowest BCUT2D eigenvalue weighted by molar-refractivity contribution is 0.524. The molecule has 0 aromatic heterocycles. The first-order valence-electron chi connectivity index (χ1n) is 11.6. The Morgan fingerprint density at radius 3 is 2.42 bits per heavy atom. The van der Waals surface area contributed by atoms with Gasteiger partial charge in [0, 0.05) is 24.8 Å². The second kappa shape index (κ2) is 9.94. The van der Waals surface area contributed by atoms with E-state index >= 15 is 0 Å². The molecule has 1 N–H and O–H groups in total. The molecule has 5 rings (SSSR count). The highest BCUT2D eigenvalue weighted by Crippen LogP contribution is 2.33. The van der Waals surface area contributed by atoms with E-state index in [9.17, 15) is 18.1 Å². The average Bonchev–Trinajstić information content (AvgIpc) is 2.89. The third-order valence-electron chi connectivity index (χ3n) is 6.32. The molecule has 1 unspecified atom stereocenters. The van der Waals surface area contributed by atoms with Gasteiger partial charge in [0.05, 0.1) is 16.5 Å². The van der Waals surface area contributed by atoms with Crippen molar-refractivity contribution in [3.63, 3.8) is 0 Å². The van der Waals surface area contributed by atoms with Crippen LogP contribution in [-0.2, 0) is 23.0 Å². The maximum absolute atomic E-state index is 13.4. The van der Waals surface area contributed by atoms with Crippen molar-refractivity contribution in [3.8, 4) is 17.2 Å². The Morgan fingerprint density at radius 1 is 0.917 bits per heavy atom. The number of nitrogens with one attached hydrogen (secondary N) is 1. The van der Waals surface area contributed by atoms with E-state index < -0.39 is 10.0 Å². The summed E-state index contributed by atoms with van der Waals surface area (Å²) >= 11 is 0. The molecule has 36 heavy (non-hydrogen) atoms. The molecule has 180 valence electrons. The van der Waals surface area contributed by atoms with Gasteiger partial charge in [-0.1, -0.05) is 54.6 Å². The molecule has 0 bridgehead atoms. The summed E-state index contributed by atoms with van der Waals surface area (Å²) in [6.07, 6.45) is 0.507. The van der Waals surface area contributed by atoms with Crippen LogP contribution in [0.2, 0.25) is 0 Å². The largest absolute Gasteiger partial charge is 0.365 e. The van der Waals surface area contributed by atoms with E-state index in [1.54, 1.807) is 24.3 Å². The van der Waals surface area contributed by atoms with E-state index in [0.29, 0.717) is 25.1 Å². The summed E-state index contributed by atoms with van der Waals surface area (Å²) in [5.41, 5.74) is 5.31. The number of fused-ring (bicyclic) bond motifs is 1.